The van der Waals surface area contributed by atoms with Crippen LogP contribution in [0.1, 0.15) is 127 Å². The second-order valence-electron chi connectivity index (χ2n) is 13.7. The summed E-state index contributed by atoms with van der Waals surface area (Å²) in [5.74, 6) is 0.541. The van der Waals surface area contributed by atoms with E-state index in [1.54, 1.807) is 12.1 Å². The zero-order valence-corrected chi connectivity index (χ0v) is 32.9. The Hall–Kier alpha value is -3.86. The quantitative estimate of drug-likeness (QED) is 0.0258. The van der Waals surface area contributed by atoms with Crippen molar-refractivity contribution < 1.29 is 38.2 Å². The molecular weight excluding hydrogens is 727 g/mol. The van der Waals surface area contributed by atoms with Crippen LogP contribution in [0.15, 0.2) is 36.8 Å². The molecule has 0 bridgehead atoms. The lowest BCUT2D eigenvalue weighted by Gasteiger charge is -2.25. The minimum Gasteiger partial charge on any atom is -0.419 e. The monoisotopic (exact) mass is 786 g/mol. The van der Waals surface area contributed by atoms with E-state index in [-0.39, 0.29) is 24.7 Å². The number of fused-ring (bicyclic) bond motifs is 1. The Labute approximate surface area is 324 Å². The normalized spacial score (nSPS) is 14.7. The zero-order valence-electron chi connectivity index (χ0n) is 32.0. The molecule has 0 saturated heterocycles. The van der Waals surface area contributed by atoms with Crippen molar-refractivity contribution in [1.29, 1.82) is 10.5 Å². The molecule has 5 atom stereocenters. The maximum Gasteiger partial charge on any atom is 0.472 e. The van der Waals surface area contributed by atoms with Gasteiger partial charge in [0.2, 0.25) is 0 Å². The Morgan fingerprint density at radius 3 is 2.05 bits per heavy atom. The molecule has 3 aromatic heterocycles. The van der Waals surface area contributed by atoms with Crippen molar-refractivity contribution in [1.82, 2.24) is 19.6 Å². The molecule has 17 heteroatoms. The van der Waals surface area contributed by atoms with Gasteiger partial charge in [-0.15, -0.1) is 0 Å². The summed E-state index contributed by atoms with van der Waals surface area (Å²) >= 11 is 0. The number of nitrogens with two attached hydrogens (primary N) is 1. The van der Waals surface area contributed by atoms with Crippen LogP contribution in [0, 0.1) is 22.8 Å². The summed E-state index contributed by atoms with van der Waals surface area (Å²) in [5.41, 5.74) is 6.69. The Morgan fingerprint density at radius 2 is 1.47 bits per heavy atom. The van der Waals surface area contributed by atoms with Gasteiger partial charge in [-0.05, 0) is 30.7 Å². The van der Waals surface area contributed by atoms with Crippen molar-refractivity contribution in [3.63, 3.8) is 0 Å². The number of aliphatic hydroxyl groups excluding tert-OH is 2. The van der Waals surface area contributed by atoms with Gasteiger partial charge in [-0.1, -0.05) is 103 Å². The highest BCUT2D eigenvalue weighted by Gasteiger charge is 2.35. The van der Waals surface area contributed by atoms with Crippen molar-refractivity contribution in [2.75, 3.05) is 37.5 Å². The number of pyridine rings is 1. The van der Waals surface area contributed by atoms with Gasteiger partial charge in [0, 0.05) is 12.8 Å². The summed E-state index contributed by atoms with van der Waals surface area (Å²) in [6.45, 7) is 1.73. The predicted octanol–water partition coefficient (Wildman–Crippen LogP) is 6.73. The number of nitriles is 2. The number of nitrogens with zero attached hydrogens (tertiary/aromatic N) is 6. The van der Waals surface area contributed by atoms with Gasteiger partial charge in [0.25, 0.3) is 6.26 Å². The first-order valence-electron chi connectivity index (χ1n) is 19.5. The fourth-order valence-corrected chi connectivity index (χ4v) is 6.88. The Kier molecular flexibility index (Phi) is 21.6. The maximum atomic E-state index is 12.9. The van der Waals surface area contributed by atoms with Gasteiger partial charge in [0.1, 0.15) is 35.9 Å². The SMILES string of the molecule is CCCCCCCCCCCCCCCCCCOC[C@H](COP(=O)(O)OC[C@@H](OC#N)[C@@H](O)[C@@H](O)c1ccc2c(N)ncnn12)Nc1ccc(C#N)cn1. The van der Waals surface area contributed by atoms with E-state index in [1.807, 2.05) is 6.07 Å². The number of aromatic nitrogens is 4. The van der Waals surface area contributed by atoms with Crippen LogP contribution in [-0.4, -0.2) is 79.4 Å². The van der Waals surface area contributed by atoms with E-state index in [0.29, 0.717) is 23.5 Å². The molecule has 0 aliphatic rings. The van der Waals surface area contributed by atoms with Crippen molar-refractivity contribution in [2.24, 2.45) is 0 Å². The summed E-state index contributed by atoms with van der Waals surface area (Å²) in [6, 6.07) is 7.54. The lowest BCUT2D eigenvalue weighted by Crippen LogP contribution is -2.37. The van der Waals surface area contributed by atoms with Gasteiger partial charge in [-0.25, -0.2) is 19.0 Å². The van der Waals surface area contributed by atoms with E-state index in [0.717, 1.165) is 19.3 Å². The topological polar surface area (TPSA) is 243 Å². The molecule has 0 spiro atoms. The third-order valence-electron chi connectivity index (χ3n) is 9.27. The Bertz CT molecular complexity index is 1630. The number of anilines is 2. The lowest BCUT2D eigenvalue weighted by molar-refractivity contribution is -0.0796. The second kappa shape index (κ2) is 26.1. The number of hydrogen-bond donors (Lipinski definition) is 5. The second-order valence-corrected chi connectivity index (χ2v) is 15.2. The van der Waals surface area contributed by atoms with Crippen LogP contribution in [0.4, 0.5) is 11.6 Å². The van der Waals surface area contributed by atoms with Gasteiger partial charge in [0.05, 0.1) is 37.1 Å². The fraction of sp³-hybridized carbons (Fsp3) is 0.658. The largest absolute Gasteiger partial charge is 0.472 e. The van der Waals surface area contributed by atoms with Gasteiger partial charge < -0.3 is 35.6 Å². The molecule has 304 valence electrons. The standard InChI is InChI=1S/C38H59N8O8P/c1-2-3-4-5-6-7-8-9-10-11-12-13-14-15-16-17-22-51-25-31(45-35-21-18-30(23-39)24-42-35)26-53-55(49,50)54-27-34(52-28-40)37(48)36(47)32-19-20-33-38(41)43-29-44-46(32)33/h18-21,24,29,31,34,36-37,47-48H,2-17,22,25-27H2,1H3,(H,42,45)(H,49,50)(H2,41,43,44)/t31-,34-,36+,37-/m1/s1. The number of phosphoric acid groups is 1. The van der Waals surface area contributed by atoms with E-state index in [4.69, 9.17) is 34.8 Å². The number of phosphoric ester groups is 1. The Balaban J connectivity index is 1.40. The Morgan fingerprint density at radius 1 is 0.855 bits per heavy atom. The molecule has 0 aliphatic carbocycles. The van der Waals surface area contributed by atoms with E-state index in [9.17, 15) is 19.7 Å². The molecule has 0 saturated carbocycles. The number of ether oxygens (including phenoxy) is 2. The van der Waals surface area contributed by atoms with Crippen molar-refractivity contribution in [3.8, 4) is 12.3 Å². The van der Waals surface area contributed by atoms with E-state index >= 15 is 0 Å². The molecular formula is C38H59N8O8P. The maximum absolute atomic E-state index is 12.9. The lowest BCUT2D eigenvalue weighted by atomic mass is 10.0. The summed E-state index contributed by atoms with van der Waals surface area (Å²) in [4.78, 5) is 18.6. The predicted molar refractivity (Wildman–Crippen MR) is 207 cm³/mol. The molecule has 0 fully saturated rings. The van der Waals surface area contributed by atoms with Crippen LogP contribution in [-0.2, 0) is 23.1 Å². The summed E-state index contributed by atoms with van der Waals surface area (Å²) in [7, 11) is -4.78. The molecule has 16 nitrogen and oxygen atoms in total. The molecule has 3 aromatic rings. The summed E-state index contributed by atoms with van der Waals surface area (Å²) in [6.07, 6.45) is 19.3. The summed E-state index contributed by atoms with van der Waals surface area (Å²) < 4.78 is 35.3. The van der Waals surface area contributed by atoms with Crippen LogP contribution < -0.4 is 11.1 Å². The number of unbranched alkanes of at least 4 members (excludes halogenated alkanes) is 15. The van der Waals surface area contributed by atoms with Crippen molar-refractivity contribution in [3.05, 3.63) is 48.0 Å². The first-order valence-corrected chi connectivity index (χ1v) is 21.0. The van der Waals surface area contributed by atoms with E-state index < -0.39 is 38.8 Å². The first kappa shape index (κ1) is 45.5. The van der Waals surface area contributed by atoms with Crippen LogP contribution in [0.2, 0.25) is 0 Å². The molecule has 0 radical (unpaired) electrons. The molecule has 3 rings (SSSR count). The summed E-state index contributed by atoms with van der Waals surface area (Å²) in [5, 5.41) is 47.1. The van der Waals surface area contributed by atoms with Gasteiger partial charge in [-0.2, -0.15) is 15.6 Å². The van der Waals surface area contributed by atoms with Crippen molar-refractivity contribution in [2.45, 2.75) is 134 Å². The molecule has 1 unspecified atom stereocenters. The van der Waals surface area contributed by atoms with Crippen LogP contribution in [0.25, 0.3) is 5.52 Å². The highest BCUT2D eigenvalue weighted by Crippen LogP contribution is 2.44. The van der Waals surface area contributed by atoms with E-state index in [2.05, 4.69) is 27.3 Å². The third kappa shape index (κ3) is 17.2. The molecule has 55 heavy (non-hydrogen) atoms. The van der Waals surface area contributed by atoms with Crippen molar-refractivity contribution >= 4 is 25.0 Å². The van der Waals surface area contributed by atoms with Gasteiger partial charge in [-0.3, -0.25) is 9.05 Å². The fourth-order valence-electron chi connectivity index (χ4n) is 6.10. The minimum absolute atomic E-state index is 0.108. The number of aliphatic hydroxyl groups is 2. The third-order valence-corrected chi connectivity index (χ3v) is 10.2. The first-order chi connectivity index (χ1) is 26.7. The highest BCUT2D eigenvalue weighted by atomic mass is 31.2. The number of rotatable bonds is 31. The highest BCUT2D eigenvalue weighted by molar-refractivity contribution is 7.47. The molecule has 0 aromatic carbocycles. The van der Waals surface area contributed by atoms with Crippen LogP contribution >= 0.6 is 7.82 Å². The zero-order chi connectivity index (χ0) is 39.7. The molecule has 6 N–H and O–H groups in total. The number of nitrogen functional groups attached to an aromatic ring is 1. The van der Waals surface area contributed by atoms with E-state index in [1.165, 1.54) is 119 Å². The molecule has 0 aliphatic heterocycles. The van der Waals surface area contributed by atoms with Crippen LogP contribution in [0.3, 0.4) is 0 Å². The van der Waals surface area contributed by atoms with Crippen LogP contribution in [0.5, 0.6) is 0 Å². The van der Waals surface area contributed by atoms with Gasteiger partial charge in [0.15, 0.2) is 11.9 Å². The smallest absolute Gasteiger partial charge is 0.419 e. The molecule has 0 amide bonds. The molecule has 3 heterocycles. The average molecular weight is 787 g/mol. The average Bonchev–Trinajstić information content (AvgIpc) is 3.63. The minimum atomic E-state index is -4.78. The number of hydrogen-bond acceptors (Lipinski definition) is 14. The number of nitrogens with one attached hydrogen (secondary N) is 1. The van der Waals surface area contributed by atoms with Gasteiger partial charge >= 0.3 is 7.82 Å².